The highest BCUT2D eigenvalue weighted by atomic mass is 32.2. The van der Waals surface area contributed by atoms with Crippen LogP contribution in [0.1, 0.15) is 26.7 Å². The Labute approximate surface area is 122 Å². The van der Waals surface area contributed by atoms with Gasteiger partial charge in [-0.3, -0.25) is 0 Å². The fourth-order valence-corrected chi connectivity index (χ4v) is 4.66. The van der Waals surface area contributed by atoms with Crippen LogP contribution < -0.4 is 4.72 Å². The highest BCUT2D eigenvalue weighted by molar-refractivity contribution is 7.88. The van der Waals surface area contributed by atoms with Crippen molar-refractivity contribution in [1.82, 2.24) is 13.3 Å². The molecule has 0 aromatic heterocycles. The van der Waals surface area contributed by atoms with Gasteiger partial charge in [-0.25, -0.2) is 13.1 Å². The zero-order valence-electron chi connectivity index (χ0n) is 12.4. The van der Waals surface area contributed by atoms with Crippen molar-refractivity contribution < 1.29 is 16.8 Å². The molecule has 0 aromatic rings. The maximum Gasteiger partial charge on any atom is 0.281 e. The molecule has 1 N–H and O–H groups in total. The molecule has 7 nitrogen and oxygen atoms in total. The van der Waals surface area contributed by atoms with Gasteiger partial charge < -0.3 is 0 Å². The van der Waals surface area contributed by atoms with E-state index in [1.54, 1.807) is 0 Å². The van der Waals surface area contributed by atoms with Crippen LogP contribution in [0.3, 0.4) is 0 Å². The van der Waals surface area contributed by atoms with Crippen LogP contribution in [0.2, 0.25) is 0 Å². The Morgan fingerprint density at radius 2 is 1.80 bits per heavy atom. The van der Waals surface area contributed by atoms with Crippen molar-refractivity contribution in [3.8, 4) is 0 Å². The van der Waals surface area contributed by atoms with E-state index in [2.05, 4.69) is 4.72 Å². The lowest BCUT2D eigenvalue weighted by Gasteiger charge is -2.34. The summed E-state index contributed by atoms with van der Waals surface area (Å²) in [4.78, 5) is 0. The average Bonchev–Trinajstić information content (AvgIpc) is 2.37. The molecule has 20 heavy (non-hydrogen) atoms. The number of piperidine rings is 1. The Morgan fingerprint density at radius 1 is 1.20 bits per heavy atom. The molecule has 120 valence electrons. The number of hydrogen-bond acceptors (Lipinski definition) is 4. The van der Waals surface area contributed by atoms with Gasteiger partial charge in [0.1, 0.15) is 0 Å². The summed E-state index contributed by atoms with van der Waals surface area (Å²) in [5, 5.41) is 0. The molecule has 0 saturated carbocycles. The van der Waals surface area contributed by atoms with Crippen molar-refractivity contribution in [2.75, 3.05) is 39.0 Å². The molecule has 0 aliphatic carbocycles. The minimum atomic E-state index is -3.42. The van der Waals surface area contributed by atoms with E-state index < -0.39 is 20.2 Å². The Balaban J connectivity index is 2.69. The lowest BCUT2D eigenvalue weighted by atomic mass is 10.0. The molecule has 0 bridgehead atoms. The van der Waals surface area contributed by atoms with Gasteiger partial charge in [-0.15, -0.1) is 0 Å². The summed E-state index contributed by atoms with van der Waals surface area (Å²) in [5.41, 5.74) is 0. The Hall–Kier alpha value is -0.220. The quantitative estimate of drug-likeness (QED) is 0.703. The van der Waals surface area contributed by atoms with Gasteiger partial charge in [-0.05, 0) is 18.8 Å². The molecule has 0 spiro atoms. The molecule has 0 amide bonds. The predicted molar refractivity (Wildman–Crippen MR) is 79.0 cm³/mol. The first-order valence-corrected chi connectivity index (χ1v) is 10.2. The molecule has 1 atom stereocenters. The summed E-state index contributed by atoms with van der Waals surface area (Å²) in [5.74, 6) is 0.0313. The monoisotopic (exact) mass is 327 g/mol. The van der Waals surface area contributed by atoms with Gasteiger partial charge in [0.05, 0.1) is 6.26 Å². The Bertz CT molecular complexity index is 500. The first kappa shape index (κ1) is 17.8. The normalized spacial score (nSPS) is 22.3. The lowest BCUT2D eigenvalue weighted by Crippen LogP contribution is -2.49. The summed E-state index contributed by atoms with van der Waals surface area (Å²) in [6.07, 6.45) is 2.71. The van der Waals surface area contributed by atoms with Gasteiger partial charge in [-0.1, -0.05) is 13.8 Å². The third-order valence-electron chi connectivity index (χ3n) is 3.47. The van der Waals surface area contributed by atoms with Crippen molar-refractivity contribution in [3.63, 3.8) is 0 Å². The topological polar surface area (TPSA) is 86.8 Å². The van der Waals surface area contributed by atoms with E-state index in [-0.39, 0.29) is 5.92 Å². The molecule has 1 unspecified atom stereocenters. The molecule has 1 rings (SSSR count). The number of nitrogens with zero attached hydrogens (tertiary/aromatic N) is 2. The van der Waals surface area contributed by atoms with Gasteiger partial charge >= 0.3 is 0 Å². The van der Waals surface area contributed by atoms with Crippen LogP contribution in [0, 0.1) is 5.92 Å². The lowest BCUT2D eigenvalue weighted by molar-refractivity contribution is 0.249. The van der Waals surface area contributed by atoms with Crippen LogP contribution in [0.25, 0.3) is 0 Å². The van der Waals surface area contributed by atoms with Crippen LogP contribution in [0.4, 0.5) is 0 Å². The Morgan fingerprint density at radius 3 is 2.30 bits per heavy atom. The summed E-state index contributed by atoms with van der Waals surface area (Å²) in [7, 11) is -6.65. The minimum Gasteiger partial charge on any atom is -0.215 e. The van der Waals surface area contributed by atoms with E-state index in [9.17, 15) is 16.8 Å². The first-order valence-electron chi connectivity index (χ1n) is 6.90. The fraction of sp³-hybridized carbons (Fsp3) is 1.00. The molecule has 0 radical (unpaired) electrons. The summed E-state index contributed by atoms with van der Waals surface area (Å²) >= 11 is 0. The molecule has 1 fully saturated rings. The summed E-state index contributed by atoms with van der Waals surface area (Å²) in [6, 6.07) is 0. The molecule has 1 saturated heterocycles. The number of rotatable bonds is 7. The molecule has 0 aromatic carbocycles. The van der Waals surface area contributed by atoms with Crippen LogP contribution in [-0.4, -0.2) is 64.4 Å². The third-order valence-corrected chi connectivity index (χ3v) is 6.32. The standard InChI is InChI=1S/C11H25N3O4S2/c1-4-13(5-2)20(17,18)14-8-6-7-11(10-14)9-12-19(3,15)16/h11-12H,4-10H2,1-3H3. The van der Waals surface area contributed by atoms with E-state index in [0.717, 1.165) is 19.1 Å². The zero-order valence-corrected chi connectivity index (χ0v) is 14.0. The van der Waals surface area contributed by atoms with E-state index in [0.29, 0.717) is 32.7 Å². The van der Waals surface area contributed by atoms with Crippen molar-refractivity contribution in [2.24, 2.45) is 5.92 Å². The SMILES string of the molecule is CCN(CC)S(=O)(=O)N1CCCC(CNS(C)(=O)=O)C1. The van der Waals surface area contributed by atoms with Crippen molar-refractivity contribution in [3.05, 3.63) is 0 Å². The van der Waals surface area contributed by atoms with Gasteiger partial charge in [0.25, 0.3) is 10.2 Å². The second kappa shape index (κ2) is 7.17. The minimum absolute atomic E-state index is 0.0313. The molecule has 9 heteroatoms. The smallest absolute Gasteiger partial charge is 0.215 e. The van der Waals surface area contributed by atoms with Crippen LogP contribution in [0.5, 0.6) is 0 Å². The van der Waals surface area contributed by atoms with Crippen molar-refractivity contribution in [1.29, 1.82) is 0 Å². The first-order chi connectivity index (χ1) is 9.20. The second-order valence-corrected chi connectivity index (χ2v) is 8.84. The van der Waals surface area contributed by atoms with Gasteiger partial charge in [0.2, 0.25) is 10.0 Å². The van der Waals surface area contributed by atoms with Crippen molar-refractivity contribution >= 4 is 20.2 Å². The second-order valence-electron chi connectivity index (χ2n) is 5.08. The van der Waals surface area contributed by atoms with E-state index in [4.69, 9.17) is 0 Å². The van der Waals surface area contributed by atoms with Gasteiger partial charge in [0, 0.05) is 32.7 Å². The van der Waals surface area contributed by atoms with Crippen LogP contribution in [-0.2, 0) is 20.2 Å². The van der Waals surface area contributed by atoms with Gasteiger partial charge in [-0.2, -0.15) is 17.0 Å². The largest absolute Gasteiger partial charge is 0.281 e. The highest BCUT2D eigenvalue weighted by Gasteiger charge is 2.32. The number of nitrogens with one attached hydrogen (secondary N) is 1. The summed E-state index contributed by atoms with van der Waals surface area (Å²) in [6.45, 7) is 5.70. The zero-order chi connectivity index (χ0) is 15.4. The molecule has 1 aliphatic rings. The predicted octanol–water partition coefficient (Wildman–Crippen LogP) is -0.166. The van der Waals surface area contributed by atoms with E-state index in [1.165, 1.54) is 8.61 Å². The van der Waals surface area contributed by atoms with Crippen LogP contribution in [0.15, 0.2) is 0 Å². The molecular formula is C11H25N3O4S2. The number of sulfonamides is 1. The fourth-order valence-electron chi connectivity index (χ4n) is 2.39. The third kappa shape index (κ3) is 4.96. The summed E-state index contributed by atoms with van der Waals surface area (Å²) < 4.78 is 52.4. The highest BCUT2D eigenvalue weighted by Crippen LogP contribution is 2.20. The Kier molecular flexibility index (Phi) is 6.39. The van der Waals surface area contributed by atoms with E-state index >= 15 is 0 Å². The van der Waals surface area contributed by atoms with E-state index in [1.807, 2.05) is 13.8 Å². The van der Waals surface area contributed by atoms with Crippen LogP contribution >= 0.6 is 0 Å². The molecule has 1 aliphatic heterocycles. The number of hydrogen-bond donors (Lipinski definition) is 1. The molecule has 1 heterocycles. The van der Waals surface area contributed by atoms with Gasteiger partial charge in [0.15, 0.2) is 0 Å². The maximum atomic E-state index is 12.4. The maximum absolute atomic E-state index is 12.4. The van der Waals surface area contributed by atoms with Crippen molar-refractivity contribution in [2.45, 2.75) is 26.7 Å². The average molecular weight is 327 g/mol. The molecular weight excluding hydrogens is 302 g/mol.